The standard InChI is InChI=1S/C24H23N3O2/c28-24-25-21-10-5-11-22(23(21)29-24)27-14-12-26(13-15-27)17-18-6-4-9-20(16-18)19-7-2-1-3-8-19/h1-11,16H,12-15,17H2,(H,25,28)/i4D,6D,9D,16D,17D2. The van der Waals surface area contributed by atoms with Crippen molar-refractivity contribution in [1.29, 1.82) is 0 Å². The number of benzene rings is 3. The summed E-state index contributed by atoms with van der Waals surface area (Å²) in [6.07, 6.45) is 0. The fourth-order valence-corrected chi connectivity index (χ4v) is 3.57. The Labute approximate surface area is 177 Å². The van der Waals surface area contributed by atoms with Crippen molar-refractivity contribution in [3.8, 4) is 11.1 Å². The van der Waals surface area contributed by atoms with Gasteiger partial charge in [-0.2, -0.15) is 0 Å². The summed E-state index contributed by atoms with van der Waals surface area (Å²) in [6.45, 7) is -0.755. The van der Waals surface area contributed by atoms with E-state index in [-0.39, 0.29) is 36.3 Å². The van der Waals surface area contributed by atoms with Crippen LogP contribution in [0, 0.1) is 0 Å². The number of para-hydroxylation sites is 1. The third-order valence-corrected chi connectivity index (χ3v) is 5.00. The third-order valence-electron chi connectivity index (χ3n) is 5.00. The smallest absolute Gasteiger partial charge is 0.406 e. The van der Waals surface area contributed by atoms with E-state index in [2.05, 4.69) is 4.98 Å². The van der Waals surface area contributed by atoms with Gasteiger partial charge in [0.25, 0.3) is 0 Å². The van der Waals surface area contributed by atoms with Crippen molar-refractivity contribution in [2.75, 3.05) is 31.1 Å². The highest BCUT2D eigenvalue weighted by molar-refractivity contribution is 5.86. The van der Waals surface area contributed by atoms with Crippen LogP contribution in [0.3, 0.4) is 0 Å². The molecule has 0 atom stereocenters. The molecule has 4 aromatic rings. The van der Waals surface area contributed by atoms with Crippen LogP contribution < -0.4 is 10.7 Å². The summed E-state index contributed by atoms with van der Waals surface area (Å²) < 4.78 is 56.9. The van der Waals surface area contributed by atoms with E-state index >= 15 is 0 Å². The summed E-state index contributed by atoms with van der Waals surface area (Å²) in [5.74, 6) is -0.536. The molecule has 2 heterocycles. The summed E-state index contributed by atoms with van der Waals surface area (Å²) in [4.78, 5) is 17.8. The zero-order valence-corrected chi connectivity index (χ0v) is 15.7. The number of hydrogen-bond acceptors (Lipinski definition) is 4. The number of piperazine rings is 1. The maximum absolute atomic E-state index is 11.6. The summed E-state index contributed by atoms with van der Waals surface area (Å²) in [5, 5.41) is 0. The van der Waals surface area contributed by atoms with Crippen molar-refractivity contribution in [2.24, 2.45) is 0 Å². The maximum Gasteiger partial charge on any atom is 0.417 e. The average Bonchev–Trinajstić information content (AvgIpc) is 3.24. The van der Waals surface area contributed by atoms with E-state index in [1.54, 1.807) is 41.3 Å². The van der Waals surface area contributed by atoms with Crippen LogP contribution in [0.5, 0.6) is 0 Å². The number of nitrogens with zero attached hydrogens (tertiary/aromatic N) is 2. The molecule has 1 aliphatic rings. The highest BCUT2D eigenvalue weighted by Crippen LogP contribution is 2.26. The lowest BCUT2D eigenvalue weighted by Gasteiger charge is -2.36. The Morgan fingerprint density at radius 2 is 1.83 bits per heavy atom. The lowest BCUT2D eigenvalue weighted by Crippen LogP contribution is -2.46. The van der Waals surface area contributed by atoms with Gasteiger partial charge < -0.3 is 9.32 Å². The van der Waals surface area contributed by atoms with Gasteiger partial charge in [-0.15, -0.1) is 0 Å². The minimum atomic E-state index is -2.19. The Balaban J connectivity index is 1.48. The lowest BCUT2D eigenvalue weighted by atomic mass is 10.0. The number of rotatable bonds is 4. The van der Waals surface area contributed by atoms with Gasteiger partial charge in [-0.25, -0.2) is 4.79 Å². The quantitative estimate of drug-likeness (QED) is 0.569. The molecule has 146 valence electrons. The molecule has 1 saturated heterocycles. The van der Waals surface area contributed by atoms with Crippen LogP contribution >= 0.6 is 0 Å². The molecule has 3 aromatic carbocycles. The number of fused-ring (bicyclic) bond motifs is 1. The van der Waals surface area contributed by atoms with Crippen LogP contribution in [0.2, 0.25) is 0 Å². The van der Waals surface area contributed by atoms with E-state index in [0.717, 1.165) is 5.69 Å². The highest BCUT2D eigenvalue weighted by Gasteiger charge is 2.20. The highest BCUT2D eigenvalue weighted by atomic mass is 16.4. The number of aromatic amines is 1. The Kier molecular flexibility index (Phi) is 3.22. The number of aromatic nitrogens is 1. The Bertz CT molecular complexity index is 1460. The fourth-order valence-electron chi connectivity index (χ4n) is 3.57. The van der Waals surface area contributed by atoms with E-state index in [4.69, 9.17) is 12.6 Å². The Morgan fingerprint density at radius 3 is 2.66 bits per heavy atom. The zero-order chi connectivity index (χ0) is 24.9. The van der Waals surface area contributed by atoms with Gasteiger partial charge in [0.05, 0.1) is 16.7 Å². The number of anilines is 1. The van der Waals surface area contributed by atoms with E-state index in [9.17, 15) is 4.79 Å². The largest absolute Gasteiger partial charge is 0.417 e. The van der Waals surface area contributed by atoms with Crippen LogP contribution in [0.4, 0.5) is 5.69 Å². The van der Waals surface area contributed by atoms with Crippen LogP contribution in [0.1, 0.15) is 13.8 Å². The minimum absolute atomic E-state index is 0.151. The maximum atomic E-state index is 11.6. The zero-order valence-electron chi connectivity index (χ0n) is 21.7. The van der Waals surface area contributed by atoms with E-state index < -0.39 is 24.3 Å². The normalized spacial score (nSPS) is 18.6. The van der Waals surface area contributed by atoms with Crippen molar-refractivity contribution in [3.05, 3.63) is 88.8 Å². The second-order valence-electron chi connectivity index (χ2n) is 6.87. The summed E-state index contributed by atoms with van der Waals surface area (Å²) >= 11 is 0. The first-order valence-corrected chi connectivity index (χ1v) is 9.48. The van der Waals surface area contributed by atoms with Crippen LogP contribution in [-0.4, -0.2) is 36.1 Å². The van der Waals surface area contributed by atoms with Crippen LogP contribution in [0.15, 0.2) is 81.9 Å². The summed E-state index contributed by atoms with van der Waals surface area (Å²) in [7, 11) is 0. The molecule has 0 spiro atoms. The molecule has 1 fully saturated rings. The average molecular weight is 392 g/mol. The molecule has 5 nitrogen and oxygen atoms in total. The van der Waals surface area contributed by atoms with E-state index in [1.165, 1.54) is 0 Å². The van der Waals surface area contributed by atoms with Gasteiger partial charge >= 0.3 is 5.76 Å². The van der Waals surface area contributed by atoms with Gasteiger partial charge in [0, 0.05) is 35.4 Å². The topological polar surface area (TPSA) is 52.5 Å². The van der Waals surface area contributed by atoms with Crippen molar-refractivity contribution in [1.82, 2.24) is 9.88 Å². The van der Waals surface area contributed by atoms with Crippen molar-refractivity contribution >= 4 is 16.8 Å². The molecule has 1 aromatic heterocycles. The van der Waals surface area contributed by atoms with Crippen molar-refractivity contribution in [2.45, 2.75) is 6.50 Å². The molecule has 1 aliphatic heterocycles. The molecule has 0 amide bonds. The molecule has 5 rings (SSSR count). The van der Waals surface area contributed by atoms with Gasteiger partial charge in [-0.05, 0) is 34.9 Å². The fraction of sp³-hybridized carbons (Fsp3) is 0.208. The lowest BCUT2D eigenvalue weighted by molar-refractivity contribution is 0.250. The molecular formula is C24H23N3O2. The van der Waals surface area contributed by atoms with Crippen molar-refractivity contribution in [3.63, 3.8) is 0 Å². The molecule has 0 bridgehead atoms. The Hall–Kier alpha value is -3.31. The van der Waals surface area contributed by atoms with Crippen LogP contribution in [0.25, 0.3) is 22.2 Å². The van der Waals surface area contributed by atoms with Gasteiger partial charge in [0.1, 0.15) is 0 Å². The molecule has 5 heteroatoms. The third kappa shape index (κ3) is 3.69. The van der Waals surface area contributed by atoms with Crippen molar-refractivity contribution < 1.29 is 12.6 Å². The molecule has 0 saturated carbocycles. The predicted octanol–water partition coefficient (Wildman–Crippen LogP) is 4.11. The van der Waals surface area contributed by atoms with Gasteiger partial charge in [-0.3, -0.25) is 9.88 Å². The SMILES string of the molecule is [2H]c1c([2H])c(-c2ccccc2)c([2H])c(C([2H])([2H])N2CCN(c3cccc4[nH]c(=O)oc34)CC2)c1[2H]. The van der Waals surface area contributed by atoms with Gasteiger partial charge in [-0.1, -0.05) is 54.5 Å². The second kappa shape index (κ2) is 7.60. The molecule has 0 unspecified atom stereocenters. The first kappa shape index (κ1) is 12.3. The number of nitrogens with one attached hydrogen (secondary N) is 1. The predicted molar refractivity (Wildman–Crippen MR) is 116 cm³/mol. The number of hydrogen-bond donors (Lipinski definition) is 1. The monoisotopic (exact) mass is 391 g/mol. The van der Waals surface area contributed by atoms with E-state index in [1.807, 2.05) is 17.0 Å². The molecule has 1 N–H and O–H groups in total. The Morgan fingerprint density at radius 1 is 1.00 bits per heavy atom. The number of oxazole rings is 1. The molecule has 0 aliphatic carbocycles. The first-order valence-electron chi connectivity index (χ1n) is 12.5. The molecule has 0 radical (unpaired) electrons. The molecule has 29 heavy (non-hydrogen) atoms. The minimum Gasteiger partial charge on any atom is -0.406 e. The number of H-pyrrole nitrogens is 1. The van der Waals surface area contributed by atoms with Crippen LogP contribution in [-0.2, 0) is 6.50 Å². The van der Waals surface area contributed by atoms with Gasteiger partial charge in [0.2, 0.25) is 0 Å². The van der Waals surface area contributed by atoms with Gasteiger partial charge in [0.15, 0.2) is 5.58 Å². The molecular weight excluding hydrogens is 362 g/mol. The summed E-state index contributed by atoms with van der Waals surface area (Å²) in [6, 6.07) is 12.8. The first-order chi connectivity index (χ1) is 16.7. The summed E-state index contributed by atoms with van der Waals surface area (Å²) in [5.41, 5.74) is 2.27. The second-order valence-corrected chi connectivity index (χ2v) is 6.87. The van der Waals surface area contributed by atoms with E-state index in [0.29, 0.717) is 29.8 Å².